The van der Waals surface area contributed by atoms with Crippen LogP contribution in [0.5, 0.6) is 0 Å². The second kappa shape index (κ2) is 11.8. The molecule has 14 nitrogen and oxygen atoms in total. The standard InChI is InChI=1S/C32H37NO13/c1-17(34)41-16-31-24(44-28(38)21-9-11-40-15-21)12-22-25(43-19(3)36)32(31,46-29(22,4)5)30(6,39)13-23(42-18(2)35)26(31)45-27(37)20-8-7-10-33-14-20/h7-11,14-15,22-26,39H,12-13,16H2,1-6H3/t22-,23+,24+,25-,26+,30-,31+,32+/m1/s1. The summed E-state index contributed by atoms with van der Waals surface area (Å²) in [6.45, 7) is 7.66. The van der Waals surface area contributed by atoms with E-state index in [0.29, 0.717) is 0 Å². The number of esters is 5. The Morgan fingerprint density at radius 3 is 2.20 bits per heavy atom. The first-order valence-electron chi connectivity index (χ1n) is 14.8. The molecule has 3 fully saturated rings. The third-order valence-corrected chi connectivity index (χ3v) is 9.32. The summed E-state index contributed by atoms with van der Waals surface area (Å²) in [6.07, 6.45) is -0.819. The monoisotopic (exact) mass is 643 g/mol. The van der Waals surface area contributed by atoms with E-state index in [2.05, 4.69) is 4.98 Å². The first-order valence-corrected chi connectivity index (χ1v) is 14.8. The SMILES string of the molecule is CC(=O)OC[C@@]12[C@@H](OC(=O)c3ccoc3)C[C@@H]3[C@@H](OC(C)=O)[C@]1(OC3(C)C)[C@](C)(O)C[C@H](OC(C)=O)[C@@H]2OC(=O)c1cccnc1. The molecule has 1 aliphatic heterocycles. The average Bonchev–Trinajstić information content (AvgIpc) is 3.56. The Balaban J connectivity index is 1.81. The molecule has 46 heavy (non-hydrogen) atoms. The van der Waals surface area contributed by atoms with Gasteiger partial charge >= 0.3 is 29.8 Å². The largest absolute Gasteiger partial charge is 0.472 e. The van der Waals surface area contributed by atoms with Crippen LogP contribution in [0.15, 0.2) is 47.5 Å². The third kappa shape index (κ3) is 5.32. The first kappa shape index (κ1) is 33.1. The lowest BCUT2D eigenvalue weighted by atomic mass is 9.46. The number of pyridine rings is 1. The maximum absolute atomic E-state index is 13.7. The van der Waals surface area contributed by atoms with E-state index >= 15 is 0 Å². The molecule has 0 radical (unpaired) electrons. The van der Waals surface area contributed by atoms with Crippen LogP contribution in [0.25, 0.3) is 0 Å². The van der Waals surface area contributed by atoms with Gasteiger partial charge in [-0.3, -0.25) is 19.4 Å². The van der Waals surface area contributed by atoms with Gasteiger partial charge < -0.3 is 37.9 Å². The Hall–Kier alpha value is -4.30. The summed E-state index contributed by atoms with van der Waals surface area (Å²) < 4.78 is 41.5. The molecule has 2 aromatic rings. The van der Waals surface area contributed by atoms with Crippen LogP contribution in [0.2, 0.25) is 0 Å². The molecule has 14 heteroatoms. The summed E-state index contributed by atoms with van der Waals surface area (Å²) in [5.41, 5.74) is -7.21. The van der Waals surface area contributed by atoms with Crippen molar-refractivity contribution in [1.29, 1.82) is 0 Å². The number of aliphatic hydroxyl groups is 1. The van der Waals surface area contributed by atoms with Gasteiger partial charge in [-0.1, -0.05) is 0 Å². The van der Waals surface area contributed by atoms with E-state index in [0.717, 1.165) is 13.8 Å². The molecule has 1 spiro atoms. The van der Waals surface area contributed by atoms with E-state index in [9.17, 15) is 29.1 Å². The van der Waals surface area contributed by atoms with E-state index in [-0.39, 0.29) is 24.0 Å². The molecule has 5 rings (SSSR count). The summed E-state index contributed by atoms with van der Waals surface area (Å²) in [4.78, 5) is 69.0. The molecule has 2 saturated carbocycles. The fourth-order valence-electron chi connectivity index (χ4n) is 7.68. The van der Waals surface area contributed by atoms with Crippen molar-refractivity contribution in [3.05, 3.63) is 54.2 Å². The number of carbonyl (C=O) groups is 5. The van der Waals surface area contributed by atoms with Crippen LogP contribution in [0.4, 0.5) is 0 Å². The molecule has 3 aliphatic rings. The summed E-state index contributed by atoms with van der Waals surface area (Å²) >= 11 is 0. The van der Waals surface area contributed by atoms with Gasteiger partial charge in [-0.05, 0) is 45.4 Å². The Morgan fingerprint density at radius 2 is 1.61 bits per heavy atom. The van der Waals surface area contributed by atoms with Crippen molar-refractivity contribution in [3.8, 4) is 0 Å². The number of hydrogen-bond acceptors (Lipinski definition) is 14. The van der Waals surface area contributed by atoms with Crippen LogP contribution in [0, 0.1) is 11.3 Å². The van der Waals surface area contributed by atoms with E-state index in [1.54, 1.807) is 13.8 Å². The normalized spacial score (nSPS) is 34.0. The smallest absolute Gasteiger partial charge is 0.341 e. The lowest BCUT2D eigenvalue weighted by molar-refractivity contribution is -0.354. The maximum Gasteiger partial charge on any atom is 0.341 e. The Morgan fingerprint density at radius 1 is 0.913 bits per heavy atom. The van der Waals surface area contributed by atoms with Crippen molar-refractivity contribution in [3.63, 3.8) is 0 Å². The number of furan rings is 1. The molecule has 248 valence electrons. The number of fused-ring (bicyclic) bond motifs is 1. The molecule has 1 saturated heterocycles. The number of aromatic nitrogens is 1. The predicted octanol–water partition coefficient (Wildman–Crippen LogP) is 2.56. The molecule has 0 aromatic carbocycles. The zero-order chi connectivity index (χ0) is 33.7. The quantitative estimate of drug-likeness (QED) is 0.327. The number of carbonyl (C=O) groups excluding carboxylic acids is 5. The zero-order valence-corrected chi connectivity index (χ0v) is 26.3. The molecule has 3 heterocycles. The summed E-state index contributed by atoms with van der Waals surface area (Å²) in [5, 5.41) is 12.5. The van der Waals surface area contributed by atoms with Gasteiger partial charge in [-0.15, -0.1) is 0 Å². The van der Waals surface area contributed by atoms with Crippen LogP contribution in [0.1, 0.15) is 75.1 Å². The van der Waals surface area contributed by atoms with Crippen molar-refractivity contribution in [2.75, 3.05) is 6.61 Å². The number of hydrogen-bond donors (Lipinski definition) is 1. The first-order chi connectivity index (χ1) is 21.6. The molecule has 8 atom stereocenters. The van der Waals surface area contributed by atoms with Gasteiger partial charge in [0.1, 0.15) is 36.6 Å². The number of rotatable bonds is 8. The zero-order valence-electron chi connectivity index (χ0n) is 26.3. The fraction of sp³-hybridized carbons (Fsp3) is 0.562. The van der Waals surface area contributed by atoms with Gasteiger partial charge in [-0.2, -0.15) is 0 Å². The van der Waals surface area contributed by atoms with Crippen molar-refractivity contribution >= 4 is 29.8 Å². The van der Waals surface area contributed by atoms with Crippen LogP contribution < -0.4 is 0 Å². The molecule has 0 amide bonds. The number of ether oxygens (including phenoxy) is 6. The molecule has 2 aliphatic carbocycles. The fourth-order valence-corrected chi connectivity index (χ4v) is 7.68. The minimum Gasteiger partial charge on any atom is -0.472 e. The highest BCUT2D eigenvalue weighted by molar-refractivity contribution is 5.90. The van der Waals surface area contributed by atoms with Gasteiger partial charge in [0.15, 0.2) is 11.7 Å². The minimum atomic E-state index is -2.06. The van der Waals surface area contributed by atoms with Crippen LogP contribution in [-0.4, -0.2) is 87.8 Å². The van der Waals surface area contributed by atoms with E-state index < -0.39 is 89.0 Å². The van der Waals surface area contributed by atoms with E-state index in [4.69, 9.17) is 32.8 Å². The number of nitrogens with zero attached hydrogens (tertiary/aromatic N) is 1. The average molecular weight is 644 g/mol. The highest BCUT2D eigenvalue weighted by Gasteiger charge is 2.86. The van der Waals surface area contributed by atoms with Crippen LogP contribution in [0.3, 0.4) is 0 Å². The third-order valence-electron chi connectivity index (χ3n) is 9.32. The Bertz CT molecular complexity index is 1500. The topological polar surface area (TPSA) is 187 Å². The lowest BCUT2D eigenvalue weighted by Gasteiger charge is -2.65. The van der Waals surface area contributed by atoms with Gasteiger partial charge in [0.05, 0.1) is 28.6 Å². The summed E-state index contributed by atoms with van der Waals surface area (Å²) in [7, 11) is 0. The molecular formula is C32H37NO13. The van der Waals surface area contributed by atoms with Crippen molar-refractivity contribution in [2.24, 2.45) is 11.3 Å². The second-order valence-electron chi connectivity index (χ2n) is 12.7. The molecule has 2 bridgehead atoms. The highest BCUT2D eigenvalue weighted by Crippen LogP contribution is 2.69. The molecule has 1 N–H and O–H groups in total. The van der Waals surface area contributed by atoms with Crippen molar-refractivity contribution in [2.45, 2.75) is 95.6 Å². The minimum absolute atomic E-state index is 0.0305. The van der Waals surface area contributed by atoms with Gasteiger partial charge in [0.2, 0.25) is 0 Å². The van der Waals surface area contributed by atoms with Gasteiger partial charge in [-0.25, -0.2) is 9.59 Å². The summed E-state index contributed by atoms with van der Waals surface area (Å²) in [5.74, 6) is -4.67. The Kier molecular flexibility index (Phi) is 8.49. The lowest BCUT2D eigenvalue weighted by Crippen LogP contribution is -2.83. The Labute approximate surface area is 264 Å². The van der Waals surface area contributed by atoms with E-state index in [1.807, 2.05) is 0 Å². The highest BCUT2D eigenvalue weighted by atomic mass is 16.6. The predicted molar refractivity (Wildman–Crippen MR) is 153 cm³/mol. The van der Waals surface area contributed by atoms with E-state index in [1.165, 1.54) is 57.0 Å². The molecule has 2 aromatic heterocycles. The van der Waals surface area contributed by atoms with Crippen molar-refractivity contribution < 1.29 is 61.9 Å². The maximum atomic E-state index is 13.7. The van der Waals surface area contributed by atoms with Gasteiger partial charge in [0.25, 0.3) is 0 Å². The van der Waals surface area contributed by atoms with Crippen molar-refractivity contribution in [1.82, 2.24) is 4.98 Å². The second-order valence-corrected chi connectivity index (χ2v) is 12.7. The summed E-state index contributed by atoms with van der Waals surface area (Å²) in [6, 6.07) is 4.35. The van der Waals surface area contributed by atoms with Gasteiger partial charge in [0, 0.05) is 45.5 Å². The van der Waals surface area contributed by atoms with Crippen LogP contribution in [-0.2, 0) is 42.8 Å². The molecular weight excluding hydrogens is 606 g/mol. The van der Waals surface area contributed by atoms with Crippen LogP contribution >= 0.6 is 0 Å². The molecule has 0 unspecified atom stereocenters.